The number of carbonyl (C=O) groups excluding carboxylic acids is 1. The number of fused-ring (bicyclic) bond motifs is 1. The Balaban J connectivity index is 1.96. The van der Waals surface area contributed by atoms with E-state index >= 15 is 0 Å². The molecule has 3 rings (SSSR count). The van der Waals surface area contributed by atoms with Crippen LogP contribution in [-0.4, -0.2) is 24.3 Å². The van der Waals surface area contributed by atoms with Crippen molar-refractivity contribution in [2.75, 3.05) is 7.11 Å². The molecule has 0 radical (unpaired) electrons. The number of aliphatic hydroxyl groups is 1. The Bertz CT molecular complexity index is 918. The molecule has 3 nitrogen and oxygen atoms in total. The molecule has 1 unspecified atom stereocenters. The molecule has 148 valence electrons. The summed E-state index contributed by atoms with van der Waals surface area (Å²) in [5.41, 5.74) is 6.19. The Kier molecular flexibility index (Phi) is 5.24. The van der Waals surface area contributed by atoms with Gasteiger partial charge in [-0.1, -0.05) is 64.1 Å². The van der Waals surface area contributed by atoms with Gasteiger partial charge in [-0.05, 0) is 58.7 Å². The highest BCUT2D eigenvalue weighted by Gasteiger charge is 2.43. The van der Waals surface area contributed by atoms with Gasteiger partial charge in [-0.15, -0.1) is 0 Å². The Morgan fingerprint density at radius 1 is 1.07 bits per heavy atom. The first-order valence-corrected chi connectivity index (χ1v) is 9.76. The lowest BCUT2D eigenvalue weighted by atomic mass is 9.61. The van der Waals surface area contributed by atoms with E-state index in [2.05, 4.69) is 58.9 Å². The van der Waals surface area contributed by atoms with Gasteiger partial charge in [-0.25, -0.2) is 4.79 Å². The number of carbonyl (C=O) groups is 1. The maximum atomic E-state index is 11.6. The van der Waals surface area contributed by atoms with Crippen molar-refractivity contribution < 1.29 is 14.6 Å². The topological polar surface area (TPSA) is 46.5 Å². The second-order valence-corrected chi connectivity index (χ2v) is 9.03. The molecule has 0 heterocycles. The van der Waals surface area contributed by atoms with Crippen molar-refractivity contribution in [2.45, 2.75) is 58.0 Å². The van der Waals surface area contributed by atoms with E-state index in [4.69, 9.17) is 4.74 Å². The van der Waals surface area contributed by atoms with Crippen LogP contribution < -0.4 is 0 Å². The number of aryl methyl sites for hydroxylation is 1. The monoisotopic (exact) mass is 378 g/mol. The summed E-state index contributed by atoms with van der Waals surface area (Å²) in [5, 5.41) is 10.7. The van der Waals surface area contributed by atoms with Crippen molar-refractivity contribution in [3.63, 3.8) is 0 Å². The van der Waals surface area contributed by atoms with Crippen molar-refractivity contribution in [1.29, 1.82) is 0 Å². The molecule has 0 aliphatic heterocycles. The first-order chi connectivity index (χ1) is 13.1. The molecule has 0 fully saturated rings. The van der Waals surface area contributed by atoms with Crippen LogP contribution in [0.3, 0.4) is 0 Å². The minimum Gasteiger partial charge on any atom is -0.465 e. The van der Waals surface area contributed by atoms with E-state index < -0.39 is 0 Å². The van der Waals surface area contributed by atoms with Gasteiger partial charge in [0.1, 0.15) is 0 Å². The van der Waals surface area contributed by atoms with Gasteiger partial charge in [0.2, 0.25) is 0 Å². The molecule has 1 atom stereocenters. The number of esters is 1. The maximum absolute atomic E-state index is 11.6. The van der Waals surface area contributed by atoms with E-state index in [1.54, 1.807) is 12.1 Å². The second-order valence-electron chi connectivity index (χ2n) is 9.03. The SMILES string of the molecule is COC(=O)c1ccc(C=Cc2cc3c(cc2C)C(C)(C)C(O)CC3(C)C)cc1. The Morgan fingerprint density at radius 3 is 2.32 bits per heavy atom. The number of methoxy groups -OCH3 is 1. The van der Waals surface area contributed by atoms with Crippen LogP contribution in [0.15, 0.2) is 36.4 Å². The third-order valence-corrected chi connectivity index (χ3v) is 6.15. The van der Waals surface area contributed by atoms with E-state index in [0.717, 1.165) is 12.0 Å². The van der Waals surface area contributed by atoms with E-state index in [1.807, 2.05) is 12.1 Å². The van der Waals surface area contributed by atoms with Gasteiger partial charge < -0.3 is 9.84 Å². The highest BCUT2D eigenvalue weighted by Crippen LogP contribution is 2.46. The number of rotatable bonds is 3. The lowest BCUT2D eigenvalue weighted by Gasteiger charge is -2.45. The highest BCUT2D eigenvalue weighted by atomic mass is 16.5. The first-order valence-electron chi connectivity index (χ1n) is 9.76. The summed E-state index contributed by atoms with van der Waals surface area (Å²) in [7, 11) is 1.39. The van der Waals surface area contributed by atoms with Gasteiger partial charge in [0.15, 0.2) is 0 Å². The van der Waals surface area contributed by atoms with Gasteiger partial charge in [0, 0.05) is 5.41 Å². The van der Waals surface area contributed by atoms with Gasteiger partial charge in [0.25, 0.3) is 0 Å². The molecule has 28 heavy (non-hydrogen) atoms. The van der Waals surface area contributed by atoms with E-state index in [-0.39, 0.29) is 22.9 Å². The summed E-state index contributed by atoms with van der Waals surface area (Å²) >= 11 is 0. The van der Waals surface area contributed by atoms with Crippen molar-refractivity contribution in [2.24, 2.45) is 0 Å². The van der Waals surface area contributed by atoms with Gasteiger partial charge in [-0.3, -0.25) is 0 Å². The largest absolute Gasteiger partial charge is 0.465 e. The van der Waals surface area contributed by atoms with Crippen LogP contribution in [0.2, 0.25) is 0 Å². The normalized spacial score (nSPS) is 20.0. The van der Waals surface area contributed by atoms with Crippen LogP contribution in [0, 0.1) is 6.92 Å². The molecule has 1 aliphatic rings. The molecule has 0 spiro atoms. The summed E-state index contributed by atoms with van der Waals surface area (Å²) in [6, 6.07) is 11.9. The van der Waals surface area contributed by atoms with Crippen molar-refractivity contribution in [3.8, 4) is 0 Å². The molecule has 0 bridgehead atoms. The average Bonchev–Trinajstić information content (AvgIpc) is 2.65. The fourth-order valence-electron chi connectivity index (χ4n) is 4.06. The van der Waals surface area contributed by atoms with Crippen LogP contribution in [0.1, 0.15) is 72.3 Å². The molecule has 3 heteroatoms. The Labute approximate surface area is 168 Å². The summed E-state index contributed by atoms with van der Waals surface area (Å²) in [6.07, 6.45) is 4.60. The lowest BCUT2D eigenvalue weighted by molar-refractivity contribution is 0.0582. The van der Waals surface area contributed by atoms with Gasteiger partial charge in [0.05, 0.1) is 18.8 Å². The fraction of sp³-hybridized carbons (Fsp3) is 0.400. The molecule has 0 amide bonds. The predicted molar refractivity (Wildman–Crippen MR) is 115 cm³/mol. The summed E-state index contributed by atoms with van der Waals surface area (Å²) in [6.45, 7) is 10.8. The second kappa shape index (κ2) is 7.21. The number of hydrogen-bond donors (Lipinski definition) is 1. The molecule has 0 saturated heterocycles. The molecule has 1 aliphatic carbocycles. The lowest BCUT2D eigenvalue weighted by Crippen LogP contribution is -2.45. The maximum Gasteiger partial charge on any atom is 0.337 e. The van der Waals surface area contributed by atoms with Gasteiger partial charge in [-0.2, -0.15) is 0 Å². The third kappa shape index (κ3) is 3.64. The van der Waals surface area contributed by atoms with E-state index in [9.17, 15) is 9.90 Å². The van der Waals surface area contributed by atoms with Crippen molar-refractivity contribution in [3.05, 3.63) is 69.8 Å². The third-order valence-electron chi connectivity index (χ3n) is 6.15. The van der Waals surface area contributed by atoms with Crippen LogP contribution >= 0.6 is 0 Å². The highest BCUT2D eigenvalue weighted by molar-refractivity contribution is 5.89. The van der Waals surface area contributed by atoms with Crippen LogP contribution in [0.5, 0.6) is 0 Å². The quantitative estimate of drug-likeness (QED) is 0.584. The zero-order valence-electron chi connectivity index (χ0n) is 17.7. The Hall–Kier alpha value is -2.39. The number of ether oxygens (including phenoxy) is 1. The summed E-state index contributed by atoms with van der Waals surface area (Å²) < 4.78 is 4.74. The fourth-order valence-corrected chi connectivity index (χ4v) is 4.06. The number of hydrogen-bond acceptors (Lipinski definition) is 3. The molecule has 2 aromatic carbocycles. The minimum atomic E-state index is -0.343. The molecule has 0 aromatic heterocycles. The van der Waals surface area contributed by atoms with Crippen LogP contribution in [0.4, 0.5) is 0 Å². The van der Waals surface area contributed by atoms with Crippen LogP contribution in [-0.2, 0) is 15.6 Å². The average molecular weight is 379 g/mol. The predicted octanol–water partition coefficient (Wildman–Crippen LogP) is 5.27. The summed E-state index contributed by atoms with van der Waals surface area (Å²) in [5.74, 6) is -0.326. The van der Waals surface area contributed by atoms with E-state index in [0.29, 0.717) is 5.56 Å². The smallest absolute Gasteiger partial charge is 0.337 e. The zero-order chi connectivity index (χ0) is 20.7. The standard InChI is InChI=1S/C25H30O3/c1-16-13-21-20(24(2,3)15-22(26)25(21,4)5)14-19(16)12-9-17-7-10-18(11-8-17)23(27)28-6/h7-14,22,26H,15H2,1-6H3. The number of aliphatic hydroxyl groups excluding tert-OH is 1. The molecule has 1 N–H and O–H groups in total. The molecule has 0 saturated carbocycles. The molecule has 2 aromatic rings. The molecular weight excluding hydrogens is 348 g/mol. The molecular formula is C25H30O3. The van der Waals surface area contributed by atoms with Gasteiger partial charge >= 0.3 is 5.97 Å². The Morgan fingerprint density at radius 2 is 1.71 bits per heavy atom. The van der Waals surface area contributed by atoms with Crippen molar-refractivity contribution >= 4 is 18.1 Å². The van der Waals surface area contributed by atoms with Crippen molar-refractivity contribution in [1.82, 2.24) is 0 Å². The zero-order valence-corrected chi connectivity index (χ0v) is 17.7. The first kappa shape index (κ1) is 20.3. The minimum absolute atomic E-state index is 0.0667. The van der Waals surface area contributed by atoms with E-state index in [1.165, 1.54) is 29.4 Å². The number of benzene rings is 2. The summed E-state index contributed by atoms with van der Waals surface area (Å²) in [4.78, 5) is 11.6. The van der Waals surface area contributed by atoms with Crippen LogP contribution in [0.25, 0.3) is 12.2 Å².